The number of carbonyl (C=O) groups is 1. The fraction of sp³-hybridized carbons (Fsp3) is 0.435. The molecule has 2 N–H and O–H groups in total. The average Bonchev–Trinajstić information content (AvgIpc) is 3.22. The van der Waals surface area contributed by atoms with E-state index >= 15 is 0 Å². The predicted octanol–water partition coefficient (Wildman–Crippen LogP) is 3.38. The number of ether oxygens (including phenoxy) is 1. The number of nitrogens with zero attached hydrogens (tertiary/aromatic N) is 3. The molecule has 4 rings (SSSR count). The lowest BCUT2D eigenvalue weighted by atomic mass is 10.1. The number of pyridine rings is 1. The molecule has 1 aromatic carbocycles. The molecular weight excluding hydrogens is 378 g/mol. The topological polar surface area (TPSA) is 83.1 Å². The van der Waals surface area contributed by atoms with Crippen LogP contribution in [0.5, 0.6) is 0 Å². The number of piperidine rings is 1. The number of imidazole rings is 1. The zero-order chi connectivity index (χ0) is 20.8. The predicted molar refractivity (Wildman–Crippen MR) is 117 cm³/mol. The smallest absolute Gasteiger partial charge is 0.253 e. The fourth-order valence-electron chi connectivity index (χ4n) is 3.89. The Morgan fingerprint density at radius 1 is 1.17 bits per heavy atom. The Morgan fingerprint density at radius 2 is 1.97 bits per heavy atom. The number of aromatic nitrogens is 3. The van der Waals surface area contributed by atoms with Crippen molar-refractivity contribution in [2.45, 2.75) is 32.2 Å². The minimum atomic E-state index is -0.134. The van der Waals surface area contributed by atoms with Crippen LogP contribution in [0.3, 0.4) is 0 Å². The number of hydrogen-bond donors (Lipinski definition) is 2. The SMILES string of the molecule is COCCCNC(=O)c1ccnc2nc(-c3ccc(CN4CCCCC4)cc3)[nH]c12. The van der Waals surface area contributed by atoms with Crippen LogP contribution in [0, 0.1) is 0 Å². The second-order valence-electron chi connectivity index (χ2n) is 7.78. The monoisotopic (exact) mass is 407 g/mol. The number of benzene rings is 1. The van der Waals surface area contributed by atoms with Crippen LogP contribution in [0.15, 0.2) is 36.5 Å². The Kier molecular flexibility index (Phi) is 6.71. The third-order valence-corrected chi connectivity index (χ3v) is 5.53. The molecule has 7 nitrogen and oxygen atoms in total. The summed E-state index contributed by atoms with van der Waals surface area (Å²) < 4.78 is 5.02. The highest BCUT2D eigenvalue weighted by Crippen LogP contribution is 2.23. The molecule has 0 aliphatic carbocycles. The summed E-state index contributed by atoms with van der Waals surface area (Å²) in [5.74, 6) is 0.590. The van der Waals surface area contributed by atoms with Crippen molar-refractivity contribution in [1.82, 2.24) is 25.2 Å². The standard InChI is InChI=1S/C23H29N5O2/c1-30-15-5-11-25-23(29)19-10-12-24-22-20(19)26-21(27-22)18-8-6-17(7-9-18)16-28-13-3-2-4-14-28/h6-10,12H,2-5,11,13-16H2,1H3,(H,25,29)(H,24,26,27). The van der Waals surface area contributed by atoms with Gasteiger partial charge >= 0.3 is 0 Å². The van der Waals surface area contributed by atoms with Crippen molar-refractivity contribution in [1.29, 1.82) is 0 Å². The summed E-state index contributed by atoms with van der Waals surface area (Å²) in [5, 5.41) is 2.92. The summed E-state index contributed by atoms with van der Waals surface area (Å²) in [6.45, 7) is 4.56. The molecule has 2 aromatic heterocycles. The van der Waals surface area contributed by atoms with Gasteiger partial charge in [0, 0.05) is 38.6 Å². The van der Waals surface area contributed by atoms with Gasteiger partial charge in [-0.1, -0.05) is 30.7 Å². The molecule has 1 aliphatic rings. The lowest BCUT2D eigenvalue weighted by Gasteiger charge is -2.26. The minimum Gasteiger partial charge on any atom is -0.385 e. The zero-order valence-corrected chi connectivity index (χ0v) is 17.5. The molecular formula is C23H29N5O2. The second-order valence-corrected chi connectivity index (χ2v) is 7.78. The van der Waals surface area contributed by atoms with Crippen LogP contribution in [-0.4, -0.2) is 59.1 Å². The van der Waals surface area contributed by atoms with Crippen LogP contribution in [0.1, 0.15) is 41.6 Å². The number of carbonyl (C=O) groups excluding carboxylic acids is 1. The summed E-state index contributed by atoms with van der Waals surface area (Å²) in [6.07, 6.45) is 6.34. The number of fused-ring (bicyclic) bond motifs is 1. The highest BCUT2D eigenvalue weighted by atomic mass is 16.5. The summed E-state index contributed by atoms with van der Waals surface area (Å²) in [5.41, 5.74) is 4.06. The number of hydrogen-bond acceptors (Lipinski definition) is 5. The molecule has 0 atom stereocenters. The number of aromatic amines is 1. The number of rotatable bonds is 8. The largest absolute Gasteiger partial charge is 0.385 e. The first kappa shape index (κ1) is 20.5. The molecule has 3 heterocycles. The molecule has 1 aliphatic heterocycles. The van der Waals surface area contributed by atoms with Gasteiger partial charge in [0.05, 0.1) is 11.1 Å². The number of likely N-dealkylation sites (tertiary alicyclic amines) is 1. The van der Waals surface area contributed by atoms with E-state index in [1.54, 1.807) is 19.4 Å². The molecule has 30 heavy (non-hydrogen) atoms. The molecule has 0 unspecified atom stereocenters. The van der Waals surface area contributed by atoms with Gasteiger partial charge < -0.3 is 15.0 Å². The van der Waals surface area contributed by atoms with Crippen molar-refractivity contribution in [3.63, 3.8) is 0 Å². The van der Waals surface area contributed by atoms with E-state index in [0.29, 0.717) is 29.9 Å². The first-order valence-electron chi connectivity index (χ1n) is 10.7. The molecule has 7 heteroatoms. The Labute approximate surface area is 176 Å². The Balaban J connectivity index is 1.48. The minimum absolute atomic E-state index is 0.134. The van der Waals surface area contributed by atoms with Crippen LogP contribution in [0.4, 0.5) is 0 Å². The normalized spacial score (nSPS) is 14.8. The van der Waals surface area contributed by atoms with Gasteiger partial charge in [-0.05, 0) is 44.0 Å². The van der Waals surface area contributed by atoms with Gasteiger partial charge in [0.25, 0.3) is 5.91 Å². The summed E-state index contributed by atoms with van der Waals surface area (Å²) in [7, 11) is 1.65. The lowest BCUT2D eigenvalue weighted by Crippen LogP contribution is -2.28. The van der Waals surface area contributed by atoms with Gasteiger partial charge in [0.1, 0.15) is 5.82 Å². The first-order valence-corrected chi connectivity index (χ1v) is 10.7. The van der Waals surface area contributed by atoms with Crippen molar-refractivity contribution >= 4 is 17.1 Å². The van der Waals surface area contributed by atoms with Gasteiger partial charge in [-0.25, -0.2) is 9.97 Å². The van der Waals surface area contributed by atoms with Gasteiger partial charge in [0.15, 0.2) is 5.65 Å². The fourth-order valence-corrected chi connectivity index (χ4v) is 3.89. The third-order valence-electron chi connectivity index (χ3n) is 5.53. The number of nitrogens with one attached hydrogen (secondary N) is 2. The molecule has 0 bridgehead atoms. The van der Waals surface area contributed by atoms with Crippen LogP contribution >= 0.6 is 0 Å². The first-order chi connectivity index (χ1) is 14.7. The molecule has 1 saturated heterocycles. The summed E-state index contributed by atoms with van der Waals surface area (Å²) in [6, 6.07) is 10.2. The average molecular weight is 408 g/mol. The van der Waals surface area contributed by atoms with Crippen LogP contribution in [-0.2, 0) is 11.3 Å². The summed E-state index contributed by atoms with van der Waals surface area (Å²) >= 11 is 0. The van der Waals surface area contributed by atoms with Gasteiger partial charge in [0.2, 0.25) is 0 Å². The molecule has 0 saturated carbocycles. The molecule has 0 radical (unpaired) electrons. The quantitative estimate of drug-likeness (QED) is 0.560. The van der Waals surface area contributed by atoms with Crippen LogP contribution < -0.4 is 5.32 Å². The molecule has 1 fully saturated rings. The Bertz CT molecular complexity index is 977. The van der Waals surface area contributed by atoms with E-state index in [2.05, 4.69) is 49.4 Å². The van der Waals surface area contributed by atoms with Crippen molar-refractivity contribution in [3.05, 3.63) is 47.7 Å². The van der Waals surface area contributed by atoms with E-state index in [1.807, 2.05) is 0 Å². The Hall–Kier alpha value is -2.77. The molecule has 158 valence electrons. The molecule has 3 aromatic rings. The number of H-pyrrole nitrogens is 1. The van der Waals surface area contributed by atoms with E-state index in [-0.39, 0.29) is 5.91 Å². The highest BCUT2D eigenvalue weighted by molar-refractivity contribution is 6.04. The van der Waals surface area contributed by atoms with Crippen molar-refractivity contribution < 1.29 is 9.53 Å². The van der Waals surface area contributed by atoms with Gasteiger partial charge in [-0.2, -0.15) is 0 Å². The van der Waals surface area contributed by atoms with E-state index in [4.69, 9.17) is 4.74 Å². The summed E-state index contributed by atoms with van der Waals surface area (Å²) in [4.78, 5) is 27.3. The van der Waals surface area contributed by atoms with Gasteiger partial charge in [-0.15, -0.1) is 0 Å². The third kappa shape index (κ3) is 4.86. The Morgan fingerprint density at radius 3 is 2.73 bits per heavy atom. The maximum absolute atomic E-state index is 12.6. The van der Waals surface area contributed by atoms with E-state index < -0.39 is 0 Å². The van der Waals surface area contributed by atoms with Crippen molar-refractivity contribution in [2.75, 3.05) is 33.4 Å². The van der Waals surface area contributed by atoms with Crippen molar-refractivity contribution in [2.24, 2.45) is 0 Å². The van der Waals surface area contributed by atoms with Crippen molar-refractivity contribution in [3.8, 4) is 11.4 Å². The zero-order valence-electron chi connectivity index (χ0n) is 17.5. The van der Waals surface area contributed by atoms with Crippen LogP contribution in [0.25, 0.3) is 22.6 Å². The van der Waals surface area contributed by atoms with Crippen LogP contribution in [0.2, 0.25) is 0 Å². The molecule has 0 spiro atoms. The van der Waals surface area contributed by atoms with Gasteiger partial charge in [-0.3, -0.25) is 9.69 Å². The number of amides is 1. The maximum Gasteiger partial charge on any atom is 0.253 e. The van der Waals surface area contributed by atoms with E-state index in [9.17, 15) is 4.79 Å². The van der Waals surface area contributed by atoms with E-state index in [1.165, 1.54) is 37.9 Å². The molecule has 1 amide bonds. The maximum atomic E-state index is 12.6. The second kappa shape index (κ2) is 9.82. The van der Waals surface area contributed by atoms with E-state index in [0.717, 1.165) is 24.4 Å². The lowest BCUT2D eigenvalue weighted by molar-refractivity contribution is 0.0950. The highest BCUT2D eigenvalue weighted by Gasteiger charge is 2.15. The number of methoxy groups -OCH3 is 1.